The Morgan fingerprint density at radius 1 is 1.73 bits per heavy atom. The van der Waals surface area contributed by atoms with Crippen LogP contribution >= 0.6 is 11.8 Å². The highest BCUT2D eigenvalue weighted by molar-refractivity contribution is 7.99. The largest absolute Gasteiger partial charge is 0.383 e. The van der Waals surface area contributed by atoms with Gasteiger partial charge in [0, 0.05) is 17.5 Å². The number of hydrogen-bond donors (Lipinski definition) is 1. The molecule has 0 radical (unpaired) electrons. The van der Waals surface area contributed by atoms with Crippen LogP contribution in [0.5, 0.6) is 0 Å². The first-order chi connectivity index (χ1) is 7.15. The number of halogens is 1. The van der Waals surface area contributed by atoms with Crippen molar-refractivity contribution in [1.29, 1.82) is 0 Å². The van der Waals surface area contributed by atoms with Crippen molar-refractivity contribution in [2.24, 2.45) is 0 Å². The van der Waals surface area contributed by atoms with Crippen LogP contribution < -0.4 is 5.73 Å². The van der Waals surface area contributed by atoms with E-state index in [1.165, 1.54) is 25.0 Å². The van der Waals surface area contributed by atoms with Crippen LogP contribution in [0.4, 0.5) is 10.2 Å². The van der Waals surface area contributed by atoms with E-state index in [1.54, 1.807) is 6.20 Å². The number of hydrogen-bond acceptors (Lipinski definition) is 5. The number of nitrogens with two attached hydrogens (primary N) is 1. The van der Waals surface area contributed by atoms with Gasteiger partial charge in [-0.2, -0.15) is 0 Å². The van der Waals surface area contributed by atoms with Crippen LogP contribution in [-0.2, 0) is 10.5 Å². The highest BCUT2D eigenvalue weighted by atomic mass is 32.2. The number of thioether (sulfide) groups is 1. The van der Waals surface area contributed by atoms with E-state index in [4.69, 9.17) is 5.73 Å². The van der Waals surface area contributed by atoms with Gasteiger partial charge in [-0.3, -0.25) is 4.79 Å². The lowest BCUT2D eigenvalue weighted by Crippen LogP contribution is -2.16. The number of anilines is 1. The smallest absolute Gasteiger partial charge is 0.145 e. The van der Waals surface area contributed by atoms with Gasteiger partial charge in [0.25, 0.3) is 0 Å². The van der Waals surface area contributed by atoms with E-state index < -0.39 is 11.9 Å². The number of nitrogen functional groups attached to an aromatic ring is 1. The van der Waals surface area contributed by atoms with Crippen LogP contribution in [0.1, 0.15) is 12.5 Å². The SMILES string of the molecule is CC(=O)C(CF)SCc1cncnc1N. The van der Waals surface area contributed by atoms with Crippen molar-refractivity contribution < 1.29 is 9.18 Å². The number of rotatable bonds is 5. The minimum Gasteiger partial charge on any atom is -0.383 e. The normalized spacial score (nSPS) is 12.4. The first kappa shape index (κ1) is 11.9. The number of aromatic nitrogens is 2. The minimum atomic E-state index is -0.659. The molecule has 1 rings (SSSR count). The summed E-state index contributed by atoms with van der Waals surface area (Å²) in [5.41, 5.74) is 6.31. The Balaban J connectivity index is 2.56. The Kier molecular flexibility index (Phi) is 4.48. The molecule has 4 nitrogen and oxygen atoms in total. The van der Waals surface area contributed by atoms with Gasteiger partial charge in [-0.1, -0.05) is 0 Å². The Morgan fingerprint density at radius 2 is 2.47 bits per heavy atom. The topological polar surface area (TPSA) is 68.9 Å². The number of nitrogens with zero attached hydrogens (tertiary/aromatic N) is 2. The van der Waals surface area contributed by atoms with Crippen LogP contribution in [0, 0.1) is 0 Å². The van der Waals surface area contributed by atoms with Crippen molar-refractivity contribution in [3.05, 3.63) is 18.1 Å². The number of carbonyl (C=O) groups excluding carboxylic acids is 1. The fourth-order valence-electron chi connectivity index (χ4n) is 0.940. The second kappa shape index (κ2) is 5.65. The molecule has 1 aromatic heterocycles. The molecule has 82 valence electrons. The molecule has 0 aliphatic heterocycles. The first-order valence-electron chi connectivity index (χ1n) is 4.37. The van der Waals surface area contributed by atoms with Gasteiger partial charge in [0.15, 0.2) is 0 Å². The summed E-state index contributed by atoms with van der Waals surface area (Å²) >= 11 is 1.21. The molecule has 0 fully saturated rings. The third-order valence-corrected chi connectivity index (χ3v) is 3.19. The summed E-state index contributed by atoms with van der Waals surface area (Å²) < 4.78 is 12.4. The zero-order valence-corrected chi connectivity index (χ0v) is 9.13. The molecule has 15 heavy (non-hydrogen) atoms. The van der Waals surface area contributed by atoms with Crippen molar-refractivity contribution in [2.45, 2.75) is 17.9 Å². The van der Waals surface area contributed by atoms with E-state index in [0.29, 0.717) is 11.6 Å². The quantitative estimate of drug-likeness (QED) is 0.822. The van der Waals surface area contributed by atoms with Crippen molar-refractivity contribution in [2.75, 3.05) is 12.4 Å². The molecule has 2 N–H and O–H groups in total. The first-order valence-corrected chi connectivity index (χ1v) is 5.42. The van der Waals surface area contributed by atoms with E-state index in [0.717, 1.165) is 5.56 Å². The molecule has 0 spiro atoms. The third-order valence-electron chi connectivity index (χ3n) is 1.86. The highest BCUT2D eigenvalue weighted by Crippen LogP contribution is 2.20. The number of ketones is 1. The van der Waals surface area contributed by atoms with Gasteiger partial charge >= 0.3 is 0 Å². The summed E-state index contributed by atoms with van der Waals surface area (Å²) in [6.45, 7) is 0.718. The molecular weight excluding hydrogens is 217 g/mol. The Hall–Kier alpha value is -1.17. The monoisotopic (exact) mass is 229 g/mol. The van der Waals surface area contributed by atoms with E-state index in [9.17, 15) is 9.18 Å². The summed E-state index contributed by atoms with van der Waals surface area (Å²) in [4.78, 5) is 18.6. The maximum Gasteiger partial charge on any atom is 0.145 e. The number of carbonyl (C=O) groups is 1. The molecule has 0 aromatic carbocycles. The van der Waals surface area contributed by atoms with Crippen LogP contribution in [-0.4, -0.2) is 27.7 Å². The summed E-state index contributed by atoms with van der Waals surface area (Å²) in [6, 6.07) is 0. The fourth-order valence-corrected chi connectivity index (χ4v) is 1.87. The van der Waals surface area contributed by atoms with Gasteiger partial charge in [-0.15, -0.1) is 11.8 Å². The Morgan fingerprint density at radius 3 is 3.00 bits per heavy atom. The van der Waals surface area contributed by atoms with Gasteiger partial charge in [0.1, 0.15) is 24.6 Å². The van der Waals surface area contributed by atoms with Crippen LogP contribution in [0.25, 0.3) is 0 Å². The Bertz CT molecular complexity index is 348. The molecule has 0 aliphatic rings. The van der Waals surface area contributed by atoms with Crippen LogP contribution in [0.2, 0.25) is 0 Å². The average molecular weight is 229 g/mol. The van der Waals surface area contributed by atoms with Gasteiger partial charge in [-0.05, 0) is 6.92 Å². The molecule has 1 unspecified atom stereocenters. The summed E-state index contributed by atoms with van der Waals surface area (Å²) in [5, 5.41) is -0.621. The van der Waals surface area contributed by atoms with Crippen molar-refractivity contribution in [1.82, 2.24) is 9.97 Å². The van der Waals surface area contributed by atoms with Crippen LogP contribution in [0.15, 0.2) is 12.5 Å². The van der Waals surface area contributed by atoms with E-state index in [-0.39, 0.29) is 5.78 Å². The highest BCUT2D eigenvalue weighted by Gasteiger charge is 2.15. The standard InChI is InChI=1S/C9H12FN3OS/c1-6(14)8(2-10)15-4-7-3-12-5-13-9(7)11/h3,5,8H,2,4H2,1H3,(H2,11,12,13). The summed E-state index contributed by atoms with van der Waals surface area (Å²) in [6.07, 6.45) is 2.92. The summed E-state index contributed by atoms with van der Waals surface area (Å²) in [5.74, 6) is 0.650. The number of alkyl halides is 1. The van der Waals surface area contributed by atoms with Gasteiger partial charge < -0.3 is 5.73 Å². The van der Waals surface area contributed by atoms with Crippen molar-refractivity contribution in [3.63, 3.8) is 0 Å². The minimum absolute atomic E-state index is 0.169. The predicted octanol–water partition coefficient (Wildman–Crippen LogP) is 1.22. The lowest BCUT2D eigenvalue weighted by atomic mass is 10.3. The molecule has 1 aromatic rings. The fraction of sp³-hybridized carbons (Fsp3) is 0.444. The molecular formula is C9H12FN3OS. The third kappa shape index (κ3) is 3.47. The predicted molar refractivity (Wildman–Crippen MR) is 58.2 cm³/mol. The second-order valence-corrected chi connectivity index (χ2v) is 4.19. The van der Waals surface area contributed by atoms with Gasteiger partial charge in [0.2, 0.25) is 0 Å². The maximum atomic E-state index is 12.4. The lowest BCUT2D eigenvalue weighted by molar-refractivity contribution is -0.116. The molecule has 0 amide bonds. The zero-order valence-electron chi connectivity index (χ0n) is 8.31. The second-order valence-electron chi connectivity index (χ2n) is 3.00. The molecule has 0 saturated heterocycles. The van der Waals surface area contributed by atoms with E-state index in [2.05, 4.69) is 9.97 Å². The average Bonchev–Trinajstić information content (AvgIpc) is 2.21. The zero-order chi connectivity index (χ0) is 11.3. The van der Waals surface area contributed by atoms with Gasteiger partial charge in [-0.25, -0.2) is 14.4 Å². The molecule has 6 heteroatoms. The lowest BCUT2D eigenvalue weighted by Gasteiger charge is -2.09. The molecule has 0 bridgehead atoms. The molecule has 0 aliphatic carbocycles. The van der Waals surface area contributed by atoms with Crippen LogP contribution in [0.3, 0.4) is 0 Å². The van der Waals surface area contributed by atoms with Crippen molar-refractivity contribution in [3.8, 4) is 0 Å². The summed E-state index contributed by atoms with van der Waals surface area (Å²) in [7, 11) is 0. The van der Waals surface area contributed by atoms with Gasteiger partial charge in [0.05, 0.1) is 5.25 Å². The molecule has 1 heterocycles. The molecule has 1 atom stereocenters. The van der Waals surface area contributed by atoms with E-state index >= 15 is 0 Å². The molecule has 0 saturated carbocycles. The number of Topliss-reactive ketones (excluding diaryl/α,β-unsaturated/α-hetero) is 1. The Labute approximate surface area is 91.5 Å². The maximum absolute atomic E-state index is 12.4. The van der Waals surface area contributed by atoms with Crippen molar-refractivity contribution >= 4 is 23.4 Å². The van der Waals surface area contributed by atoms with E-state index in [1.807, 2.05) is 0 Å².